The van der Waals surface area contributed by atoms with Gasteiger partial charge < -0.3 is 23.7 Å². The minimum absolute atomic E-state index is 0.132. The molecule has 0 amide bonds. The average Bonchev–Trinajstić information content (AvgIpc) is 3.11. The van der Waals surface area contributed by atoms with Gasteiger partial charge in [0.25, 0.3) is 0 Å². The molecule has 48 heavy (non-hydrogen) atoms. The fourth-order valence-corrected chi connectivity index (χ4v) is 4.87. The van der Waals surface area contributed by atoms with E-state index in [-0.39, 0.29) is 38.8 Å². The zero-order chi connectivity index (χ0) is 34.2. The lowest BCUT2D eigenvalue weighted by atomic mass is 9.96. The first-order valence-corrected chi connectivity index (χ1v) is 16.2. The predicted octanol–water partition coefficient (Wildman–Crippen LogP) is 7.67. The molecule has 0 N–H and O–H groups in total. The van der Waals surface area contributed by atoms with E-state index in [1.807, 2.05) is 121 Å². The maximum Gasteiger partial charge on any atom is 0.311 e. The molecule has 0 bridgehead atoms. The van der Waals surface area contributed by atoms with Crippen LogP contribution in [0.1, 0.15) is 43.0 Å². The number of ether oxygens (including phenoxy) is 5. The normalized spacial score (nSPS) is 14.0. The maximum absolute atomic E-state index is 14.2. The molecule has 4 atom stereocenters. The molecule has 0 radical (unpaired) electrons. The van der Waals surface area contributed by atoms with Gasteiger partial charge in [-0.3, -0.25) is 9.59 Å². The summed E-state index contributed by atoms with van der Waals surface area (Å²) in [5.41, 5.74) is 2.81. The van der Waals surface area contributed by atoms with Crippen molar-refractivity contribution in [2.75, 3.05) is 6.61 Å². The highest BCUT2D eigenvalue weighted by Crippen LogP contribution is 2.26. The minimum atomic E-state index is -1.15. The number of Topliss-reactive ketones (excluding diaryl/α,β-unsaturated/α-hetero) is 1. The minimum Gasteiger partial charge on any atom is -0.455 e. The molecule has 0 saturated carbocycles. The summed E-state index contributed by atoms with van der Waals surface area (Å²) in [7, 11) is 0. The first-order chi connectivity index (χ1) is 23.2. The Morgan fingerprint density at radius 2 is 1.00 bits per heavy atom. The topological polar surface area (TPSA) is 80.3 Å². The van der Waals surface area contributed by atoms with Gasteiger partial charge in [0.1, 0.15) is 31.0 Å². The quantitative estimate of drug-likeness (QED) is 0.0761. The van der Waals surface area contributed by atoms with Crippen LogP contribution in [-0.4, -0.2) is 42.8 Å². The highest BCUT2D eigenvalue weighted by molar-refractivity contribution is 5.85. The van der Waals surface area contributed by atoms with Gasteiger partial charge in [-0.2, -0.15) is 0 Å². The molecular formula is C41H46O7. The van der Waals surface area contributed by atoms with Crippen LogP contribution in [0.15, 0.2) is 134 Å². The molecule has 0 aliphatic heterocycles. The molecule has 0 heterocycles. The number of hydrogen-bond donors (Lipinski definition) is 0. The number of esters is 1. The van der Waals surface area contributed by atoms with Gasteiger partial charge in [-0.25, -0.2) is 0 Å². The number of hydrogen-bond acceptors (Lipinski definition) is 7. The summed E-state index contributed by atoms with van der Waals surface area (Å²) in [4.78, 5) is 27.4. The number of benzene rings is 4. The van der Waals surface area contributed by atoms with E-state index in [9.17, 15) is 9.59 Å². The van der Waals surface area contributed by atoms with E-state index in [0.29, 0.717) is 0 Å². The Labute approximate surface area is 284 Å². The molecule has 0 unspecified atom stereocenters. The lowest BCUT2D eigenvalue weighted by Crippen LogP contribution is -2.53. The molecule has 0 aliphatic rings. The molecule has 7 nitrogen and oxygen atoms in total. The standard InChI is InChI=1S/C41H46O7/c1-5-36(48-40(43)41(2,3)4)38(46-28-33-22-14-8-15-23-33)39(47-29-34-24-16-9-17-25-34)37(45-27-32-20-12-7-13-21-32)35(42)30-44-26-31-18-10-6-11-19-31/h5-25,36-39H,1,26-30H2,2-4H3/t36-,37-,38+,39+/m1/s1. The molecule has 0 fully saturated rings. The number of ketones is 1. The molecule has 0 aromatic heterocycles. The van der Waals surface area contributed by atoms with Crippen molar-refractivity contribution in [1.82, 2.24) is 0 Å². The SMILES string of the molecule is C=C[C@@H](OC(=O)C(C)(C)C)[C@H](OCc1ccccc1)[C@@H](OCc1ccccc1)[C@H](OCc1ccccc1)C(=O)COCc1ccccc1. The fraction of sp³-hybridized carbons (Fsp3) is 0.317. The number of carbonyl (C=O) groups is 2. The van der Waals surface area contributed by atoms with E-state index in [0.717, 1.165) is 22.3 Å². The third-order valence-electron chi connectivity index (χ3n) is 7.55. The van der Waals surface area contributed by atoms with Gasteiger partial charge >= 0.3 is 5.97 Å². The van der Waals surface area contributed by atoms with E-state index in [1.165, 1.54) is 6.08 Å². The molecule has 4 aromatic carbocycles. The molecule has 7 heteroatoms. The lowest BCUT2D eigenvalue weighted by Gasteiger charge is -2.36. The van der Waals surface area contributed by atoms with Gasteiger partial charge in [-0.15, -0.1) is 0 Å². The molecule has 0 aliphatic carbocycles. The van der Waals surface area contributed by atoms with E-state index in [2.05, 4.69) is 6.58 Å². The largest absolute Gasteiger partial charge is 0.455 e. The van der Waals surface area contributed by atoms with Gasteiger partial charge in [-0.05, 0) is 49.1 Å². The second kappa shape index (κ2) is 18.8. The van der Waals surface area contributed by atoms with Crippen molar-refractivity contribution in [3.05, 3.63) is 156 Å². The van der Waals surface area contributed by atoms with Gasteiger partial charge in [0, 0.05) is 0 Å². The third kappa shape index (κ3) is 11.7. The Hall–Kier alpha value is -4.40. The van der Waals surface area contributed by atoms with Crippen LogP contribution in [0.5, 0.6) is 0 Å². The van der Waals surface area contributed by atoms with Crippen LogP contribution in [0, 0.1) is 5.41 Å². The first kappa shape index (κ1) is 36.4. The van der Waals surface area contributed by atoms with Crippen molar-refractivity contribution in [3.63, 3.8) is 0 Å². The molecule has 4 rings (SSSR count). The summed E-state index contributed by atoms with van der Waals surface area (Å²) >= 11 is 0. The first-order valence-electron chi connectivity index (χ1n) is 16.2. The van der Waals surface area contributed by atoms with Crippen LogP contribution in [0.25, 0.3) is 0 Å². The van der Waals surface area contributed by atoms with E-state index in [1.54, 1.807) is 20.8 Å². The van der Waals surface area contributed by atoms with Crippen molar-refractivity contribution < 1.29 is 33.3 Å². The molecule has 0 saturated heterocycles. The Bertz CT molecular complexity index is 1520. The highest BCUT2D eigenvalue weighted by Gasteiger charge is 2.42. The highest BCUT2D eigenvalue weighted by atomic mass is 16.6. The monoisotopic (exact) mass is 650 g/mol. The number of carbonyl (C=O) groups excluding carboxylic acids is 2. The van der Waals surface area contributed by atoms with E-state index in [4.69, 9.17) is 23.7 Å². The molecule has 0 spiro atoms. The zero-order valence-corrected chi connectivity index (χ0v) is 28.0. The summed E-state index contributed by atoms with van der Waals surface area (Å²) < 4.78 is 31.5. The molecule has 252 valence electrons. The van der Waals surface area contributed by atoms with Gasteiger partial charge in [0.05, 0.1) is 31.8 Å². The summed E-state index contributed by atoms with van der Waals surface area (Å²) in [6.07, 6.45) is -2.61. The van der Waals surface area contributed by atoms with Crippen LogP contribution >= 0.6 is 0 Å². The third-order valence-corrected chi connectivity index (χ3v) is 7.55. The van der Waals surface area contributed by atoms with Crippen LogP contribution < -0.4 is 0 Å². The number of rotatable bonds is 19. The van der Waals surface area contributed by atoms with Gasteiger partial charge in [-0.1, -0.05) is 128 Å². The predicted molar refractivity (Wildman–Crippen MR) is 186 cm³/mol. The average molecular weight is 651 g/mol. The van der Waals surface area contributed by atoms with Gasteiger partial charge in [0.15, 0.2) is 5.78 Å². The smallest absolute Gasteiger partial charge is 0.311 e. The second-order valence-corrected chi connectivity index (χ2v) is 12.5. The summed E-state index contributed by atoms with van der Waals surface area (Å²) in [5, 5.41) is 0. The van der Waals surface area contributed by atoms with E-state index >= 15 is 0 Å². The van der Waals surface area contributed by atoms with Crippen molar-refractivity contribution in [2.45, 2.75) is 71.6 Å². The van der Waals surface area contributed by atoms with Crippen LogP contribution in [0.3, 0.4) is 0 Å². The summed E-state index contributed by atoms with van der Waals surface area (Å²) in [5.74, 6) is -0.778. The Morgan fingerprint density at radius 3 is 1.42 bits per heavy atom. The van der Waals surface area contributed by atoms with Crippen LogP contribution in [0.2, 0.25) is 0 Å². The second-order valence-electron chi connectivity index (χ2n) is 12.5. The Kier molecular flexibility index (Phi) is 14.3. The Balaban J connectivity index is 1.71. The Morgan fingerprint density at radius 1 is 0.604 bits per heavy atom. The maximum atomic E-state index is 14.2. The van der Waals surface area contributed by atoms with Crippen molar-refractivity contribution >= 4 is 11.8 Å². The molecule has 4 aromatic rings. The summed E-state index contributed by atoms with van der Waals surface area (Å²) in [6.45, 7) is 9.78. The zero-order valence-electron chi connectivity index (χ0n) is 28.0. The van der Waals surface area contributed by atoms with Crippen LogP contribution in [-0.2, 0) is 59.7 Å². The van der Waals surface area contributed by atoms with Crippen molar-refractivity contribution in [3.8, 4) is 0 Å². The van der Waals surface area contributed by atoms with E-state index < -0.39 is 35.8 Å². The fourth-order valence-electron chi connectivity index (χ4n) is 4.87. The van der Waals surface area contributed by atoms with Crippen molar-refractivity contribution in [2.24, 2.45) is 5.41 Å². The van der Waals surface area contributed by atoms with Gasteiger partial charge in [0.2, 0.25) is 0 Å². The lowest BCUT2D eigenvalue weighted by molar-refractivity contribution is -0.193. The summed E-state index contributed by atoms with van der Waals surface area (Å²) in [6, 6.07) is 38.5. The molecular weight excluding hydrogens is 604 g/mol. The van der Waals surface area contributed by atoms with Crippen molar-refractivity contribution in [1.29, 1.82) is 0 Å². The van der Waals surface area contributed by atoms with Crippen LogP contribution in [0.4, 0.5) is 0 Å².